The van der Waals surface area contributed by atoms with Gasteiger partial charge in [-0.1, -0.05) is 0 Å². The van der Waals surface area contributed by atoms with Crippen LogP contribution < -0.4 is 14.4 Å². The predicted molar refractivity (Wildman–Crippen MR) is 113 cm³/mol. The highest BCUT2D eigenvalue weighted by Crippen LogP contribution is 2.40. The normalized spacial score (nSPS) is 25.9. The molecule has 1 aromatic rings. The molecule has 1 atom stereocenters. The average Bonchev–Trinajstić information content (AvgIpc) is 3.25. The van der Waals surface area contributed by atoms with Crippen LogP contribution in [0.4, 0.5) is 5.69 Å². The minimum absolute atomic E-state index is 0.0974. The Bertz CT molecular complexity index is 1190. The molecule has 2 saturated heterocycles. The Kier molecular flexibility index (Phi) is 5.19. The molecule has 0 aliphatic carbocycles. The fourth-order valence-electron chi connectivity index (χ4n) is 4.50. The van der Waals surface area contributed by atoms with Crippen molar-refractivity contribution in [1.29, 1.82) is 0 Å². The van der Waals surface area contributed by atoms with E-state index in [0.717, 1.165) is 0 Å². The van der Waals surface area contributed by atoms with E-state index in [1.54, 1.807) is 6.07 Å². The molecule has 0 aromatic heterocycles. The molecule has 13 heteroatoms. The SMILES string of the molecule is O=C1C(=O)N(CN2CCN(S(=O)(=O)C3CCS(=O)(=O)C3)CC2)c2cc3c(cc21)OCCO3. The van der Waals surface area contributed by atoms with Crippen molar-refractivity contribution in [3.63, 3.8) is 0 Å². The number of ether oxygens (including phenoxy) is 2. The van der Waals surface area contributed by atoms with Crippen molar-refractivity contribution in [2.24, 2.45) is 0 Å². The van der Waals surface area contributed by atoms with Gasteiger partial charge in [0.15, 0.2) is 21.3 Å². The van der Waals surface area contributed by atoms with Gasteiger partial charge >= 0.3 is 5.91 Å². The van der Waals surface area contributed by atoms with Gasteiger partial charge in [-0.05, 0) is 12.5 Å². The van der Waals surface area contributed by atoms with Crippen molar-refractivity contribution in [3.8, 4) is 11.5 Å². The van der Waals surface area contributed by atoms with Crippen molar-refractivity contribution in [2.45, 2.75) is 11.7 Å². The Morgan fingerprint density at radius 1 is 1.00 bits per heavy atom. The van der Waals surface area contributed by atoms with Crippen LogP contribution >= 0.6 is 0 Å². The van der Waals surface area contributed by atoms with Gasteiger partial charge in [-0.15, -0.1) is 0 Å². The minimum Gasteiger partial charge on any atom is -0.486 e. The lowest BCUT2D eigenvalue weighted by atomic mass is 10.1. The maximum absolute atomic E-state index is 12.8. The molecule has 5 rings (SSSR count). The van der Waals surface area contributed by atoms with Crippen molar-refractivity contribution < 1.29 is 35.9 Å². The molecule has 1 amide bonds. The number of fused-ring (bicyclic) bond motifs is 2. The van der Waals surface area contributed by atoms with E-state index in [9.17, 15) is 26.4 Å². The Morgan fingerprint density at radius 3 is 2.28 bits per heavy atom. The second-order valence-corrected chi connectivity index (χ2v) is 12.7. The first-order chi connectivity index (χ1) is 15.2. The minimum atomic E-state index is -3.70. The van der Waals surface area contributed by atoms with Crippen molar-refractivity contribution in [2.75, 3.05) is 62.5 Å². The largest absolute Gasteiger partial charge is 0.486 e. The van der Waals surface area contributed by atoms with Crippen LogP contribution in [0.15, 0.2) is 12.1 Å². The number of benzene rings is 1. The molecule has 2 fully saturated rings. The second kappa shape index (κ2) is 7.68. The molecular formula is C19H23N3O8S2. The lowest BCUT2D eigenvalue weighted by Gasteiger charge is -2.36. The molecule has 4 aliphatic rings. The maximum Gasteiger partial charge on any atom is 0.300 e. The predicted octanol–water partition coefficient (Wildman–Crippen LogP) is -0.921. The summed E-state index contributed by atoms with van der Waals surface area (Å²) >= 11 is 0. The van der Waals surface area contributed by atoms with Gasteiger partial charge < -0.3 is 9.47 Å². The molecule has 0 saturated carbocycles. The Balaban J connectivity index is 1.27. The number of rotatable bonds is 4. The van der Waals surface area contributed by atoms with Crippen LogP contribution in [0, 0.1) is 0 Å². The summed E-state index contributed by atoms with van der Waals surface area (Å²) in [7, 11) is -7.00. The molecule has 11 nitrogen and oxygen atoms in total. The topological polar surface area (TPSA) is 131 Å². The smallest absolute Gasteiger partial charge is 0.300 e. The van der Waals surface area contributed by atoms with E-state index in [-0.39, 0.29) is 43.2 Å². The van der Waals surface area contributed by atoms with Crippen LogP contribution in [0.25, 0.3) is 0 Å². The molecule has 0 N–H and O–H groups in total. The van der Waals surface area contributed by atoms with Crippen molar-refractivity contribution >= 4 is 37.2 Å². The van der Waals surface area contributed by atoms with Crippen LogP contribution in [0.2, 0.25) is 0 Å². The zero-order chi connectivity index (χ0) is 22.7. The maximum atomic E-state index is 12.8. The van der Waals surface area contributed by atoms with Crippen LogP contribution in [0.3, 0.4) is 0 Å². The molecule has 1 unspecified atom stereocenters. The molecule has 4 heterocycles. The Labute approximate surface area is 185 Å². The van der Waals surface area contributed by atoms with E-state index in [4.69, 9.17) is 9.47 Å². The number of piperazine rings is 1. The van der Waals surface area contributed by atoms with Crippen LogP contribution in [-0.2, 0) is 24.7 Å². The van der Waals surface area contributed by atoms with Crippen molar-refractivity contribution in [3.05, 3.63) is 17.7 Å². The summed E-state index contributed by atoms with van der Waals surface area (Å²) in [5, 5.41) is -0.892. The summed E-state index contributed by atoms with van der Waals surface area (Å²) in [6.07, 6.45) is 0.127. The third kappa shape index (κ3) is 3.66. The molecule has 32 heavy (non-hydrogen) atoms. The van der Waals surface area contributed by atoms with Gasteiger partial charge in [0.1, 0.15) is 13.2 Å². The van der Waals surface area contributed by atoms with Gasteiger partial charge in [-0.3, -0.25) is 19.4 Å². The monoisotopic (exact) mass is 485 g/mol. The first-order valence-electron chi connectivity index (χ1n) is 10.4. The van der Waals surface area contributed by atoms with E-state index < -0.39 is 36.8 Å². The molecule has 4 aliphatic heterocycles. The summed E-state index contributed by atoms with van der Waals surface area (Å²) in [5.41, 5.74) is 0.721. The molecule has 0 radical (unpaired) electrons. The lowest BCUT2D eigenvalue weighted by molar-refractivity contribution is -0.114. The number of anilines is 1. The number of sulfonamides is 1. The summed E-state index contributed by atoms with van der Waals surface area (Å²) < 4.78 is 61.4. The number of sulfone groups is 1. The third-order valence-electron chi connectivity index (χ3n) is 6.28. The molecule has 1 aromatic carbocycles. The fourth-order valence-corrected chi connectivity index (χ4v) is 9.01. The second-order valence-electron chi connectivity index (χ2n) is 8.30. The quantitative estimate of drug-likeness (QED) is 0.497. The highest BCUT2D eigenvalue weighted by molar-refractivity contribution is 7.95. The summed E-state index contributed by atoms with van der Waals surface area (Å²) in [5.74, 6) is -0.767. The zero-order valence-corrected chi connectivity index (χ0v) is 18.9. The number of hydrogen-bond acceptors (Lipinski definition) is 9. The number of carbonyl (C=O) groups is 2. The molecular weight excluding hydrogens is 462 g/mol. The van der Waals surface area contributed by atoms with E-state index >= 15 is 0 Å². The van der Waals surface area contributed by atoms with Gasteiger partial charge in [0.2, 0.25) is 10.0 Å². The third-order valence-corrected chi connectivity index (χ3v) is 10.6. The first kappa shape index (κ1) is 21.6. The highest BCUT2D eigenvalue weighted by Gasteiger charge is 2.42. The fraction of sp³-hybridized carbons (Fsp3) is 0.579. The Hall–Kier alpha value is -2.22. The van der Waals surface area contributed by atoms with E-state index in [0.29, 0.717) is 43.5 Å². The molecule has 174 valence electrons. The van der Waals surface area contributed by atoms with E-state index in [2.05, 4.69) is 0 Å². The standard InChI is InChI=1S/C19H23N3O8S2/c23-18-14-9-16-17(30-7-6-29-16)10-15(14)22(19(18)24)12-20-2-4-21(5-3-20)32(27,28)13-1-8-31(25,26)11-13/h9-10,13H,1-8,11-12H2. The zero-order valence-electron chi connectivity index (χ0n) is 17.2. The first-order valence-corrected chi connectivity index (χ1v) is 13.7. The van der Waals surface area contributed by atoms with Gasteiger partial charge in [0.25, 0.3) is 5.78 Å². The lowest BCUT2D eigenvalue weighted by Crippen LogP contribution is -2.54. The number of ketones is 1. The number of hydrogen-bond donors (Lipinski definition) is 0. The van der Waals surface area contributed by atoms with E-state index in [1.165, 1.54) is 15.3 Å². The number of carbonyl (C=O) groups excluding carboxylic acids is 2. The highest BCUT2D eigenvalue weighted by atomic mass is 32.2. The summed E-state index contributed by atoms with van der Waals surface area (Å²) in [4.78, 5) is 28.4. The van der Waals surface area contributed by atoms with Crippen LogP contribution in [-0.4, -0.2) is 101 Å². The molecule has 0 bridgehead atoms. The van der Waals surface area contributed by atoms with Gasteiger partial charge in [-0.2, -0.15) is 4.31 Å². The average molecular weight is 486 g/mol. The molecule has 0 spiro atoms. The number of Topliss-reactive ketones (excluding diaryl/α,β-unsaturated/α-hetero) is 1. The summed E-state index contributed by atoms with van der Waals surface area (Å²) in [6, 6.07) is 3.16. The van der Waals surface area contributed by atoms with Gasteiger partial charge in [0, 0.05) is 32.2 Å². The van der Waals surface area contributed by atoms with Crippen LogP contribution in [0.1, 0.15) is 16.8 Å². The van der Waals surface area contributed by atoms with Crippen LogP contribution in [0.5, 0.6) is 11.5 Å². The Morgan fingerprint density at radius 2 is 1.66 bits per heavy atom. The van der Waals surface area contributed by atoms with Gasteiger partial charge in [0.05, 0.1) is 34.7 Å². The van der Waals surface area contributed by atoms with E-state index in [1.807, 2.05) is 4.90 Å². The summed E-state index contributed by atoms with van der Waals surface area (Å²) in [6.45, 7) is 2.01. The van der Waals surface area contributed by atoms with Crippen molar-refractivity contribution in [1.82, 2.24) is 9.21 Å². The number of amides is 1. The number of nitrogens with zero attached hydrogens (tertiary/aromatic N) is 3. The van der Waals surface area contributed by atoms with Gasteiger partial charge in [-0.25, -0.2) is 16.8 Å².